The predicted octanol–water partition coefficient (Wildman–Crippen LogP) is 6.07. The van der Waals surface area contributed by atoms with Crippen molar-refractivity contribution in [2.75, 3.05) is 5.01 Å². The monoisotopic (exact) mass is 352 g/mol. The van der Waals surface area contributed by atoms with Crippen LogP contribution in [0.25, 0.3) is 0 Å². The van der Waals surface area contributed by atoms with Crippen LogP contribution in [0.1, 0.15) is 28.5 Å². The lowest BCUT2D eigenvalue weighted by atomic mass is 10.0. The quantitative estimate of drug-likeness (QED) is 0.559. The molecule has 2 aromatic carbocycles. The molecule has 1 aliphatic heterocycles. The van der Waals surface area contributed by atoms with Crippen molar-refractivity contribution in [2.45, 2.75) is 19.4 Å². The molecular formula is C20H17ClN2S. The zero-order valence-corrected chi connectivity index (χ0v) is 14.9. The summed E-state index contributed by atoms with van der Waals surface area (Å²) in [5.41, 5.74) is 4.60. The lowest BCUT2D eigenvalue weighted by Crippen LogP contribution is -2.17. The molecule has 1 aromatic heterocycles. The summed E-state index contributed by atoms with van der Waals surface area (Å²) in [6.07, 6.45) is 0.899. The average Bonchev–Trinajstić information content (AvgIpc) is 3.25. The second-order valence-electron chi connectivity index (χ2n) is 5.97. The van der Waals surface area contributed by atoms with Crippen LogP contribution in [0.3, 0.4) is 0 Å². The number of thiophene rings is 1. The molecule has 0 bridgehead atoms. The molecule has 0 radical (unpaired) electrons. The van der Waals surface area contributed by atoms with Crippen molar-refractivity contribution in [3.05, 3.63) is 87.1 Å². The molecule has 0 fully saturated rings. The Bertz CT molecular complexity index is 869. The van der Waals surface area contributed by atoms with Crippen molar-refractivity contribution in [1.82, 2.24) is 0 Å². The van der Waals surface area contributed by atoms with Gasteiger partial charge in [-0.2, -0.15) is 5.10 Å². The molecule has 0 saturated carbocycles. The van der Waals surface area contributed by atoms with E-state index in [0.29, 0.717) is 0 Å². The SMILES string of the molecule is Cc1ccc(C2=NN(c3cccc(Cl)c3)C(c3cccs3)C2)cc1. The lowest BCUT2D eigenvalue weighted by molar-refractivity contribution is 0.722. The van der Waals surface area contributed by atoms with Gasteiger partial charge in [0.25, 0.3) is 0 Å². The third-order valence-electron chi connectivity index (χ3n) is 4.24. The molecule has 4 rings (SSSR count). The number of halogens is 1. The van der Waals surface area contributed by atoms with Gasteiger partial charge in [0, 0.05) is 16.3 Å². The van der Waals surface area contributed by atoms with Gasteiger partial charge in [-0.1, -0.05) is 53.6 Å². The van der Waals surface area contributed by atoms with Gasteiger partial charge in [-0.05, 0) is 42.1 Å². The Kier molecular flexibility index (Phi) is 4.13. The van der Waals surface area contributed by atoms with Crippen LogP contribution >= 0.6 is 22.9 Å². The highest BCUT2D eigenvalue weighted by Crippen LogP contribution is 2.39. The smallest absolute Gasteiger partial charge is 0.0923 e. The number of rotatable bonds is 3. The maximum Gasteiger partial charge on any atom is 0.0923 e. The van der Waals surface area contributed by atoms with Crippen LogP contribution in [-0.4, -0.2) is 5.71 Å². The van der Waals surface area contributed by atoms with E-state index in [4.69, 9.17) is 16.7 Å². The van der Waals surface area contributed by atoms with Gasteiger partial charge in [0.2, 0.25) is 0 Å². The maximum absolute atomic E-state index is 6.19. The van der Waals surface area contributed by atoms with Crippen molar-refractivity contribution >= 4 is 34.3 Å². The van der Waals surface area contributed by atoms with Crippen molar-refractivity contribution in [3.8, 4) is 0 Å². The Morgan fingerprint density at radius 3 is 2.62 bits per heavy atom. The summed E-state index contributed by atoms with van der Waals surface area (Å²) in [6, 6.07) is 21.0. The molecule has 0 aliphatic carbocycles. The molecule has 0 saturated heterocycles. The summed E-state index contributed by atoms with van der Waals surface area (Å²) < 4.78 is 0. The molecule has 0 spiro atoms. The van der Waals surface area contributed by atoms with E-state index >= 15 is 0 Å². The van der Waals surface area contributed by atoms with E-state index in [1.807, 2.05) is 18.2 Å². The molecule has 2 heterocycles. The second kappa shape index (κ2) is 6.42. The summed E-state index contributed by atoms with van der Waals surface area (Å²) in [4.78, 5) is 1.32. The van der Waals surface area contributed by atoms with Gasteiger partial charge in [-0.3, -0.25) is 5.01 Å². The topological polar surface area (TPSA) is 15.6 Å². The highest BCUT2D eigenvalue weighted by Gasteiger charge is 2.30. The van der Waals surface area contributed by atoms with Crippen molar-refractivity contribution in [2.24, 2.45) is 5.10 Å². The van der Waals surface area contributed by atoms with Crippen LogP contribution in [-0.2, 0) is 0 Å². The summed E-state index contributed by atoms with van der Waals surface area (Å²) >= 11 is 7.97. The molecule has 1 atom stereocenters. The van der Waals surface area contributed by atoms with E-state index in [-0.39, 0.29) is 6.04 Å². The van der Waals surface area contributed by atoms with Crippen LogP contribution in [0.4, 0.5) is 5.69 Å². The number of aryl methyl sites for hydroxylation is 1. The Morgan fingerprint density at radius 2 is 1.92 bits per heavy atom. The van der Waals surface area contributed by atoms with Crippen LogP contribution in [0.5, 0.6) is 0 Å². The molecule has 2 nitrogen and oxygen atoms in total. The molecule has 3 aromatic rings. The van der Waals surface area contributed by atoms with Gasteiger partial charge < -0.3 is 0 Å². The van der Waals surface area contributed by atoms with Crippen LogP contribution < -0.4 is 5.01 Å². The Labute approximate surface area is 151 Å². The fourth-order valence-corrected chi connectivity index (χ4v) is 3.99. The number of anilines is 1. The van der Waals surface area contributed by atoms with Gasteiger partial charge in [-0.15, -0.1) is 11.3 Å². The van der Waals surface area contributed by atoms with E-state index in [1.54, 1.807) is 11.3 Å². The Hall–Kier alpha value is -2.10. The predicted molar refractivity (Wildman–Crippen MR) is 103 cm³/mol. The van der Waals surface area contributed by atoms with E-state index in [1.165, 1.54) is 16.0 Å². The van der Waals surface area contributed by atoms with Crippen LogP contribution in [0.2, 0.25) is 5.02 Å². The summed E-state index contributed by atoms with van der Waals surface area (Å²) in [6.45, 7) is 2.10. The van der Waals surface area contributed by atoms with Gasteiger partial charge in [-0.25, -0.2) is 0 Å². The second-order valence-corrected chi connectivity index (χ2v) is 7.39. The molecule has 4 heteroatoms. The first kappa shape index (κ1) is 15.4. The minimum Gasteiger partial charge on any atom is -0.257 e. The van der Waals surface area contributed by atoms with Crippen LogP contribution in [0.15, 0.2) is 71.1 Å². The van der Waals surface area contributed by atoms with Crippen molar-refractivity contribution < 1.29 is 0 Å². The summed E-state index contributed by atoms with van der Waals surface area (Å²) in [5.74, 6) is 0. The van der Waals surface area contributed by atoms with Gasteiger partial charge in [0.15, 0.2) is 0 Å². The number of hydrogen-bond acceptors (Lipinski definition) is 3. The van der Waals surface area contributed by atoms with Crippen molar-refractivity contribution in [1.29, 1.82) is 0 Å². The van der Waals surface area contributed by atoms with E-state index in [2.05, 4.69) is 59.8 Å². The summed E-state index contributed by atoms with van der Waals surface area (Å²) in [5, 5.41) is 9.89. The molecule has 0 N–H and O–H groups in total. The molecular weight excluding hydrogens is 336 g/mol. The van der Waals surface area contributed by atoms with Gasteiger partial charge >= 0.3 is 0 Å². The van der Waals surface area contributed by atoms with Crippen LogP contribution in [0, 0.1) is 6.92 Å². The largest absolute Gasteiger partial charge is 0.257 e. The minimum atomic E-state index is 0.222. The first-order valence-electron chi connectivity index (χ1n) is 7.93. The first-order chi connectivity index (χ1) is 11.7. The molecule has 24 heavy (non-hydrogen) atoms. The van der Waals surface area contributed by atoms with E-state index in [9.17, 15) is 0 Å². The van der Waals surface area contributed by atoms with Gasteiger partial charge in [0.1, 0.15) is 0 Å². The van der Waals surface area contributed by atoms with Gasteiger partial charge in [0.05, 0.1) is 17.4 Å². The standard InChI is InChI=1S/C20H17ClN2S/c1-14-7-9-15(10-8-14)18-13-19(20-6-3-11-24-20)23(22-18)17-5-2-4-16(21)12-17/h2-12,19H,13H2,1H3. The Morgan fingerprint density at radius 1 is 1.08 bits per heavy atom. The third kappa shape index (κ3) is 2.97. The summed E-state index contributed by atoms with van der Waals surface area (Å²) in [7, 11) is 0. The number of hydrazone groups is 1. The van der Waals surface area contributed by atoms with E-state index in [0.717, 1.165) is 22.8 Å². The molecule has 0 amide bonds. The average molecular weight is 353 g/mol. The molecule has 120 valence electrons. The Balaban J connectivity index is 1.75. The fraction of sp³-hybridized carbons (Fsp3) is 0.150. The maximum atomic E-state index is 6.19. The lowest BCUT2D eigenvalue weighted by Gasteiger charge is -2.22. The third-order valence-corrected chi connectivity index (χ3v) is 5.45. The fourth-order valence-electron chi connectivity index (χ4n) is 2.99. The normalized spacial score (nSPS) is 17.2. The highest BCUT2D eigenvalue weighted by atomic mass is 35.5. The molecule has 1 unspecified atom stereocenters. The zero-order valence-electron chi connectivity index (χ0n) is 13.3. The highest BCUT2D eigenvalue weighted by molar-refractivity contribution is 7.10. The number of hydrogen-bond donors (Lipinski definition) is 0. The van der Waals surface area contributed by atoms with E-state index < -0.39 is 0 Å². The molecule has 1 aliphatic rings. The number of nitrogens with zero attached hydrogens (tertiary/aromatic N) is 2. The van der Waals surface area contributed by atoms with Crippen molar-refractivity contribution in [3.63, 3.8) is 0 Å². The first-order valence-corrected chi connectivity index (χ1v) is 9.19. The zero-order chi connectivity index (χ0) is 16.5. The minimum absolute atomic E-state index is 0.222. The number of benzene rings is 2.